The Labute approximate surface area is 300 Å². The summed E-state index contributed by atoms with van der Waals surface area (Å²) in [5.41, 5.74) is 10.1. The average molecular weight is 657 g/mol. The lowest BCUT2D eigenvalue weighted by atomic mass is 9.99. The topological polar surface area (TPSA) is 48.5 Å². The van der Waals surface area contributed by atoms with Gasteiger partial charge in [-0.15, -0.1) is 0 Å². The number of aromatic nitrogens is 5. The fourth-order valence-corrected chi connectivity index (χ4v) is 8.02. The van der Waals surface area contributed by atoms with Gasteiger partial charge < -0.3 is 4.57 Å². The highest BCUT2D eigenvalue weighted by Gasteiger charge is 2.26. The molecule has 3 heterocycles. The summed E-state index contributed by atoms with van der Waals surface area (Å²) in [6.07, 6.45) is 0.771. The molecule has 5 heteroatoms. The molecule has 0 amide bonds. The molecule has 3 aromatic heterocycles. The van der Waals surface area contributed by atoms with Crippen LogP contribution >= 0.6 is 0 Å². The van der Waals surface area contributed by atoms with E-state index in [0.29, 0.717) is 5.82 Å². The second-order valence-corrected chi connectivity index (χ2v) is 12.9. The van der Waals surface area contributed by atoms with E-state index in [0.717, 1.165) is 78.0 Å². The molecule has 51 heavy (non-hydrogen) atoms. The van der Waals surface area contributed by atoms with E-state index in [1.165, 1.54) is 5.56 Å². The maximum absolute atomic E-state index is 8.93. The summed E-state index contributed by atoms with van der Waals surface area (Å²) in [4.78, 5) is 15.2. The number of benzene rings is 7. The SMILES string of the molecule is [2H]c1c([2H])c([2H])c(-c2nc(-c3cccc4c3-c3ccccc3C4)nc(-n3c4ccccc4c4c5c6ccccc6n(-c6ccccc6)c5ccc43)n2)c([2H])c1[2H]. The van der Waals surface area contributed by atoms with Gasteiger partial charge in [0.05, 0.1) is 28.9 Å². The van der Waals surface area contributed by atoms with E-state index in [4.69, 9.17) is 21.8 Å². The van der Waals surface area contributed by atoms with Crippen LogP contribution in [0.25, 0.3) is 89.2 Å². The van der Waals surface area contributed by atoms with Gasteiger partial charge in [-0.1, -0.05) is 127 Å². The highest BCUT2D eigenvalue weighted by Crippen LogP contribution is 2.44. The Bertz CT molecular complexity index is 3270. The van der Waals surface area contributed by atoms with Crippen LogP contribution in [0.4, 0.5) is 0 Å². The molecule has 10 aromatic rings. The smallest absolute Gasteiger partial charge is 0.238 e. The molecule has 0 aliphatic heterocycles. The minimum atomic E-state index is -0.475. The first kappa shape index (κ1) is 23.5. The third-order valence-electron chi connectivity index (χ3n) is 10.1. The predicted octanol–water partition coefficient (Wildman–Crippen LogP) is 11.0. The lowest BCUT2D eigenvalue weighted by molar-refractivity contribution is 0.953. The minimum Gasteiger partial charge on any atom is -0.309 e. The fraction of sp³-hybridized carbons (Fsp3) is 0.0217. The first-order valence-electron chi connectivity index (χ1n) is 19.4. The van der Waals surface area contributed by atoms with Crippen molar-refractivity contribution in [3.63, 3.8) is 0 Å². The van der Waals surface area contributed by atoms with Gasteiger partial charge in [-0.2, -0.15) is 9.97 Å². The fourth-order valence-electron chi connectivity index (χ4n) is 8.02. The molecule has 0 spiro atoms. The lowest BCUT2D eigenvalue weighted by Gasteiger charge is -2.13. The third-order valence-corrected chi connectivity index (χ3v) is 10.1. The third kappa shape index (κ3) is 4.12. The Balaban J connectivity index is 1.26. The number of fused-ring (bicyclic) bond motifs is 10. The Morgan fingerprint density at radius 1 is 0.471 bits per heavy atom. The predicted molar refractivity (Wildman–Crippen MR) is 208 cm³/mol. The maximum atomic E-state index is 8.93. The van der Waals surface area contributed by atoms with Gasteiger partial charge in [0.1, 0.15) is 0 Å². The van der Waals surface area contributed by atoms with Crippen LogP contribution in [0.2, 0.25) is 0 Å². The van der Waals surface area contributed by atoms with Crippen LogP contribution in [0.5, 0.6) is 0 Å². The van der Waals surface area contributed by atoms with Crippen molar-refractivity contribution in [2.45, 2.75) is 6.42 Å². The van der Waals surface area contributed by atoms with Crippen LogP contribution in [0, 0.1) is 0 Å². The second-order valence-electron chi connectivity index (χ2n) is 12.9. The minimum absolute atomic E-state index is 0.00132. The normalized spacial score (nSPS) is 13.6. The zero-order chi connectivity index (χ0) is 37.8. The molecule has 238 valence electrons. The molecule has 0 saturated carbocycles. The van der Waals surface area contributed by atoms with E-state index < -0.39 is 18.1 Å². The average Bonchev–Trinajstić information content (AvgIpc) is 3.90. The largest absolute Gasteiger partial charge is 0.309 e. The van der Waals surface area contributed by atoms with Gasteiger partial charge in [0.25, 0.3) is 0 Å². The lowest BCUT2D eigenvalue weighted by Crippen LogP contribution is -2.07. The Morgan fingerprint density at radius 3 is 1.86 bits per heavy atom. The second kappa shape index (κ2) is 10.8. The molecule has 0 fully saturated rings. The van der Waals surface area contributed by atoms with Crippen molar-refractivity contribution in [1.29, 1.82) is 0 Å². The summed E-state index contributed by atoms with van der Waals surface area (Å²) in [6.45, 7) is 0. The van der Waals surface area contributed by atoms with Crippen molar-refractivity contribution in [2.75, 3.05) is 0 Å². The number of hydrogen-bond donors (Lipinski definition) is 0. The molecule has 5 nitrogen and oxygen atoms in total. The summed E-state index contributed by atoms with van der Waals surface area (Å²) >= 11 is 0. The first-order valence-corrected chi connectivity index (χ1v) is 16.9. The molecular weight excluding hydrogens is 623 g/mol. The van der Waals surface area contributed by atoms with Crippen LogP contribution in [0.15, 0.2) is 164 Å². The van der Waals surface area contributed by atoms with E-state index in [1.807, 2.05) is 65.2 Å². The first-order chi connectivity index (χ1) is 27.4. The zero-order valence-corrected chi connectivity index (χ0v) is 27.1. The molecule has 0 radical (unpaired) electrons. The van der Waals surface area contributed by atoms with Gasteiger partial charge in [0.2, 0.25) is 5.95 Å². The standard InChI is InChI=1S/C46H29N5/c1-3-14-29(15-4-1)44-47-45(36-23-13-17-31-28-30-16-7-8-20-33(30)41(31)36)49-46(48-44)51-38-25-12-10-22-35(38)43-40(51)27-26-39-42(43)34-21-9-11-24-37(34)50(39)32-18-5-2-6-19-32/h1-27H,28H2/i1D,3D,4D,14D,15D. The summed E-state index contributed by atoms with van der Waals surface area (Å²) in [5, 5.41) is 4.23. The van der Waals surface area contributed by atoms with Crippen LogP contribution in [-0.2, 0) is 6.42 Å². The molecular formula is C46H29N5. The van der Waals surface area contributed by atoms with E-state index in [2.05, 4.69) is 77.4 Å². The Hall–Kier alpha value is -6.85. The van der Waals surface area contributed by atoms with Crippen LogP contribution in [-0.4, -0.2) is 24.1 Å². The Kier molecular flexibility index (Phi) is 4.99. The Morgan fingerprint density at radius 2 is 1.08 bits per heavy atom. The van der Waals surface area contributed by atoms with Gasteiger partial charge in [-0.3, -0.25) is 4.57 Å². The van der Waals surface area contributed by atoms with Crippen molar-refractivity contribution < 1.29 is 6.85 Å². The molecule has 1 aliphatic rings. The number of rotatable bonds is 4. The monoisotopic (exact) mass is 656 g/mol. The van der Waals surface area contributed by atoms with Gasteiger partial charge in [-0.25, -0.2) is 4.98 Å². The van der Waals surface area contributed by atoms with Gasteiger partial charge in [-0.05, 0) is 65.1 Å². The van der Waals surface area contributed by atoms with Crippen molar-refractivity contribution in [2.24, 2.45) is 0 Å². The van der Waals surface area contributed by atoms with Crippen molar-refractivity contribution >= 4 is 43.6 Å². The highest BCUT2D eigenvalue weighted by molar-refractivity contribution is 6.28. The molecule has 0 unspecified atom stereocenters. The molecule has 0 atom stereocenters. The summed E-state index contributed by atoms with van der Waals surface area (Å²) in [6, 6.07) is 43.5. The van der Waals surface area contributed by atoms with Crippen molar-refractivity contribution in [1.82, 2.24) is 24.1 Å². The summed E-state index contributed by atoms with van der Waals surface area (Å²) < 4.78 is 47.5. The van der Waals surface area contributed by atoms with Crippen LogP contribution in [0.1, 0.15) is 18.0 Å². The van der Waals surface area contributed by atoms with Crippen LogP contribution in [0.3, 0.4) is 0 Å². The van der Waals surface area contributed by atoms with E-state index in [1.54, 1.807) is 0 Å². The zero-order valence-electron chi connectivity index (χ0n) is 32.1. The van der Waals surface area contributed by atoms with E-state index in [-0.39, 0.29) is 29.4 Å². The summed E-state index contributed by atoms with van der Waals surface area (Å²) in [5.74, 6) is 0.620. The molecule has 7 aromatic carbocycles. The van der Waals surface area contributed by atoms with Crippen molar-refractivity contribution in [3.05, 3.63) is 175 Å². The number of hydrogen-bond acceptors (Lipinski definition) is 3. The van der Waals surface area contributed by atoms with Gasteiger partial charge >= 0.3 is 0 Å². The van der Waals surface area contributed by atoms with Gasteiger partial charge in [0.15, 0.2) is 11.6 Å². The highest BCUT2D eigenvalue weighted by atomic mass is 15.2. The molecule has 0 saturated heterocycles. The number of nitrogens with zero attached hydrogens (tertiary/aromatic N) is 5. The summed E-state index contributed by atoms with van der Waals surface area (Å²) in [7, 11) is 0. The van der Waals surface area contributed by atoms with Gasteiger partial charge in [0, 0.05) is 38.4 Å². The van der Waals surface area contributed by atoms with E-state index in [9.17, 15) is 0 Å². The molecule has 11 rings (SSSR count). The number of para-hydroxylation sites is 3. The molecule has 1 aliphatic carbocycles. The molecule has 0 N–H and O–H groups in total. The van der Waals surface area contributed by atoms with E-state index >= 15 is 0 Å². The quantitative estimate of drug-likeness (QED) is 0.189. The maximum Gasteiger partial charge on any atom is 0.238 e. The molecule has 0 bridgehead atoms. The van der Waals surface area contributed by atoms with Crippen molar-refractivity contribution in [3.8, 4) is 45.5 Å². The van der Waals surface area contributed by atoms with Crippen LogP contribution < -0.4 is 0 Å².